The number of phenols is 3. The molecule has 226 valence electrons. The summed E-state index contributed by atoms with van der Waals surface area (Å²) in [4.78, 5) is 25.9. The summed E-state index contributed by atoms with van der Waals surface area (Å²) in [6.07, 6.45) is 6.22. The van der Waals surface area contributed by atoms with Gasteiger partial charge in [0.2, 0.25) is 0 Å². The summed E-state index contributed by atoms with van der Waals surface area (Å²) in [6, 6.07) is 23.2. The fraction of sp³-hybridized carbons (Fsp3) is 0.167. The molecule has 0 aliphatic carbocycles. The molecule has 4 aromatic rings. The number of hydrogen-bond acceptors (Lipinski definition) is 8. The van der Waals surface area contributed by atoms with Crippen molar-refractivity contribution in [3.63, 3.8) is 0 Å². The molecule has 0 heterocycles. The van der Waals surface area contributed by atoms with E-state index in [0.717, 1.165) is 11.1 Å². The minimum atomic E-state index is -0.268. The first-order valence-electron chi connectivity index (χ1n) is 14.0. The quantitative estimate of drug-likeness (QED) is 0.109. The summed E-state index contributed by atoms with van der Waals surface area (Å²) in [5.74, 6) is 0.958. The molecule has 0 spiro atoms. The van der Waals surface area contributed by atoms with E-state index in [0.29, 0.717) is 41.9 Å². The lowest BCUT2D eigenvalue weighted by atomic mass is 10.0. The summed E-state index contributed by atoms with van der Waals surface area (Å²) < 4.78 is 16.9. The van der Waals surface area contributed by atoms with E-state index < -0.39 is 0 Å². The van der Waals surface area contributed by atoms with E-state index in [1.54, 1.807) is 91.0 Å². The highest BCUT2D eigenvalue weighted by molar-refractivity contribution is 5.98. The molecule has 0 fully saturated rings. The van der Waals surface area contributed by atoms with Gasteiger partial charge in [-0.1, -0.05) is 42.5 Å². The van der Waals surface area contributed by atoms with Gasteiger partial charge in [0, 0.05) is 12.8 Å². The molecule has 0 radical (unpaired) electrons. The highest BCUT2D eigenvalue weighted by Gasteiger charge is 2.17. The van der Waals surface area contributed by atoms with Crippen LogP contribution in [0.25, 0.3) is 12.2 Å². The van der Waals surface area contributed by atoms with Crippen molar-refractivity contribution in [3.05, 3.63) is 119 Å². The number of hydrogen-bond donors (Lipinski definition) is 3. The second-order valence-electron chi connectivity index (χ2n) is 10.0. The van der Waals surface area contributed by atoms with E-state index in [1.807, 2.05) is 0 Å². The number of rotatable bonds is 14. The molecule has 0 saturated heterocycles. The van der Waals surface area contributed by atoms with Crippen molar-refractivity contribution in [2.24, 2.45) is 0 Å². The fourth-order valence-corrected chi connectivity index (χ4v) is 4.34. The van der Waals surface area contributed by atoms with Crippen LogP contribution >= 0.6 is 0 Å². The third kappa shape index (κ3) is 9.00. The number of phenolic OH excluding ortho intramolecular Hbond substituents is 3. The summed E-state index contributed by atoms with van der Waals surface area (Å²) in [7, 11) is 2.92. The van der Waals surface area contributed by atoms with E-state index in [9.17, 15) is 24.9 Å². The molecule has 0 aliphatic rings. The van der Waals surface area contributed by atoms with Gasteiger partial charge in [0.05, 0.1) is 14.2 Å². The SMILES string of the molecule is COc1cc(C=C(Oc2ccc(C=CC(=O)CCc3ccc(O)cc3)cc2OC)C(=O)CCc2ccc(O)cc2)ccc1O. The summed E-state index contributed by atoms with van der Waals surface area (Å²) >= 11 is 0. The third-order valence-electron chi connectivity index (χ3n) is 6.82. The van der Waals surface area contributed by atoms with Gasteiger partial charge in [-0.2, -0.15) is 0 Å². The van der Waals surface area contributed by atoms with Gasteiger partial charge in [-0.3, -0.25) is 9.59 Å². The van der Waals surface area contributed by atoms with Crippen LogP contribution in [-0.4, -0.2) is 41.1 Å². The van der Waals surface area contributed by atoms with E-state index in [4.69, 9.17) is 14.2 Å². The van der Waals surface area contributed by atoms with Crippen LogP contribution in [0.5, 0.6) is 34.5 Å². The lowest BCUT2D eigenvalue weighted by Crippen LogP contribution is -2.11. The number of ether oxygens (including phenoxy) is 3. The Labute approximate surface area is 256 Å². The molecular formula is C36H34O8. The Balaban J connectivity index is 1.51. The van der Waals surface area contributed by atoms with E-state index in [1.165, 1.54) is 26.4 Å². The molecule has 0 amide bonds. The van der Waals surface area contributed by atoms with Crippen LogP contribution < -0.4 is 14.2 Å². The van der Waals surface area contributed by atoms with Crippen molar-refractivity contribution < 1.29 is 39.1 Å². The normalized spacial score (nSPS) is 11.4. The first-order valence-corrected chi connectivity index (χ1v) is 14.0. The molecule has 0 unspecified atom stereocenters. The van der Waals surface area contributed by atoms with Crippen LogP contribution in [0.15, 0.2) is 96.8 Å². The Kier molecular flexibility index (Phi) is 10.8. The van der Waals surface area contributed by atoms with E-state index in [-0.39, 0.29) is 46.7 Å². The molecule has 4 aromatic carbocycles. The van der Waals surface area contributed by atoms with Gasteiger partial charge in [0.25, 0.3) is 0 Å². The molecule has 0 aromatic heterocycles. The maximum Gasteiger partial charge on any atom is 0.198 e. The van der Waals surface area contributed by atoms with Crippen molar-refractivity contribution in [1.82, 2.24) is 0 Å². The highest BCUT2D eigenvalue weighted by Crippen LogP contribution is 2.32. The lowest BCUT2D eigenvalue weighted by molar-refractivity contribution is -0.117. The average Bonchev–Trinajstić information content (AvgIpc) is 3.04. The van der Waals surface area contributed by atoms with Crippen LogP contribution in [-0.2, 0) is 22.4 Å². The van der Waals surface area contributed by atoms with Gasteiger partial charge in [-0.25, -0.2) is 0 Å². The van der Waals surface area contributed by atoms with E-state index >= 15 is 0 Å². The smallest absolute Gasteiger partial charge is 0.198 e. The maximum absolute atomic E-state index is 13.4. The number of ketones is 2. The molecule has 0 atom stereocenters. The number of aromatic hydroxyl groups is 3. The number of methoxy groups -OCH3 is 2. The molecule has 4 rings (SSSR count). The number of carbonyl (C=O) groups excluding carboxylic acids is 2. The van der Waals surface area contributed by atoms with Crippen molar-refractivity contribution in [3.8, 4) is 34.5 Å². The second-order valence-corrected chi connectivity index (χ2v) is 10.0. The van der Waals surface area contributed by atoms with Crippen molar-refractivity contribution in [2.45, 2.75) is 25.7 Å². The summed E-state index contributed by atoms with van der Waals surface area (Å²) in [5.41, 5.74) is 3.13. The zero-order chi connectivity index (χ0) is 31.5. The van der Waals surface area contributed by atoms with Crippen LogP contribution in [0, 0.1) is 0 Å². The Morgan fingerprint density at radius 3 is 1.84 bits per heavy atom. The second kappa shape index (κ2) is 15.1. The zero-order valence-corrected chi connectivity index (χ0v) is 24.5. The van der Waals surface area contributed by atoms with Gasteiger partial charge >= 0.3 is 0 Å². The number of aryl methyl sites for hydroxylation is 2. The van der Waals surface area contributed by atoms with Crippen LogP contribution in [0.3, 0.4) is 0 Å². The van der Waals surface area contributed by atoms with Crippen LogP contribution in [0.1, 0.15) is 35.1 Å². The minimum Gasteiger partial charge on any atom is -0.508 e. The molecular weight excluding hydrogens is 560 g/mol. The van der Waals surface area contributed by atoms with E-state index in [2.05, 4.69) is 0 Å². The zero-order valence-electron chi connectivity index (χ0n) is 24.5. The monoisotopic (exact) mass is 594 g/mol. The maximum atomic E-state index is 13.4. The van der Waals surface area contributed by atoms with Gasteiger partial charge in [-0.15, -0.1) is 0 Å². The predicted octanol–water partition coefficient (Wildman–Crippen LogP) is 6.66. The third-order valence-corrected chi connectivity index (χ3v) is 6.82. The summed E-state index contributed by atoms with van der Waals surface area (Å²) in [6.45, 7) is 0. The van der Waals surface area contributed by atoms with Gasteiger partial charge in [0.1, 0.15) is 11.5 Å². The molecule has 8 nitrogen and oxygen atoms in total. The largest absolute Gasteiger partial charge is 0.508 e. The van der Waals surface area contributed by atoms with Gasteiger partial charge in [-0.05, 0) is 95.8 Å². The minimum absolute atomic E-state index is 0.0325. The standard InChI is InChI=1S/C36H34O8/c1-42-34-22-27(10-19-31(34)40)23-35(32(41)18-9-25-6-15-29(38)16-7-25)44-33-20-11-26(21-36(33)43-2)8-17-30(39)14-5-24-3-12-28(37)13-4-24/h3-4,6-8,10-13,15-17,19-23,37-38,40H,5,9,14,18H2,1-2H3. The fourth-order valence-electron chi connectivity index (χ4n) is 4.34. The Bertz CT molecular complexity index is 1650. The predicted molar refractivity (Wildman–Crippen MR) is 168 cm³/mol. The number of allylic oxidation sites excluding steroid dienone is 2. The highest BCUT2D eigenvalue weighted by atomic mass is 16.5. The Morgan fingerprint density at radius 1 is 0.659 bits per heavy atom. The Hall–Kier alpha value is -5.50. The summed E-state index contributed by atoms with van der Waals surface area (Å²) in [5, 5.41) is 29.0. The Morgan fingerprint density at radius 2 is 1.23 bits per heavy atom. The molecule has 44 heavy (non-hydrogen) atoms. The topological polar surface area (TPSA) is 123 Å². The van der Waals surface area contributed by atoms with Crippen molar-refractivity contribution in [2.75, 3.05) is 14.2 Å². The average molecular weight is 595 g/mol. The van der Waals surface area contributed by atoms with Crippen molar-refractivity contribution in [1.29, 1.82) is 0 Å². The molecule has 3 N–H and O–H groups in total. The first kappa shape index (κ1) is 31.4. The number of Topliss-reactive ketones (excluding diaryl/α,β-unsaturated/α-hetero) is 1. The first-order chi connectivity index (χ1) is 21.2. The van der Waals surface area contributed by atoms with Crippen molar-refractivity contribution >= 4 is 23.7 Å². The van der Waals surface area contributed by atoms with Gasteiger partial charge < -0.3 is 29.5 Å². The molecule has 8 heteroatoms. The number of benzene rings is 4. The molecule has 0 aliphatic heterocycles. The lowest BCUT2D eigenvalue weighted by Gasteiger charge is -2.14. The van der Waals surface area contributed by atoms with Crippen LogP contribution in [0.4, 0.5) is 0 Å². The number of carbonyl (C=O) groups is 2. The van der Waals surface area contributed by atoms with Crippen LogP contribution in [0.2, 0.25) is 0 Å². The molecule has 0 bridgehead atoms. The van der Waals surface area contributed by atoms with Gasteiger partial charge in [0.15, 0.2) is 40.3 Å². The molecule has 0 saturated carbocycles.